The Balaban J connectivity index is 1.20. The summed E-state index contributed by atoms with van der Waals surface area (Å²) in [6.07, 6.45) is 2.58. The van der Waals surface area contributed by atoms with Gasteiger partial charge in [-0.2, -0.15) is 0 Å². The van der Waals surface area contributed by atoms with Crippen molar-refractivity contribution in [3.8, 4) is 0 Å². The highest BCUT2D eigenvalue weighted by atomic mass is 32.1. The molecule has 0 saturated carbocycles. The smallest absolute Gasteiger partial charge is 0.257 e. The highest BCUT2D eigenvalue weighted by Gasteiger charge is 2.37. The zero-order valence-electron chi connectivity index (χ0n) is 19.4. The average molecular weight is 483 g/mol. The van der Waals surface area contributed by atoms with Crippen molar-refractivity contribution in [2.45, 2.75) is 38.6 Å². The van der Waals surface area contributed by atoms with Gasteiger partial charge in [-0.25, -0.2) is 4.98 Å². The monoisotopic (exact) mass is 482 g/mol. The predicted octanol–water partition coefficient (Wildman–Crippen LogP) is 2.77. The van der Waals surface area contributed by atoms with Crippen molar-refractivity contribution in [3.63, 3.8) is 0 Å². The summed E-state index contributed by atoms with van der Waals surface area (Å²) in [5.74, 6) is -0.630. The van der Waals surface area contributed by atoms with Gasteiger partial charge in [-0.1, -0.05) is 29.0 Å². The quantitative estimate of drug-likeness (QED) is 0.721. The lowest BCUT2D eigenvalue weighted by Crippen LogP contribution is -2.51. The molecule has 0 spiro atoms. The first-order valence-corrected chi connectivity index (χ1v) is 12.8. The number of aryl methyl sites for hydroxylation is 1. The molecular weight excluding hydrogens is 452 g/mol. The minimum Gasteiger partial charge on any atom is -0.379 e. The van der Waals surface area contributed by atoms with Gasteiger partial charge in [0.15, 0.2) is 10.9 Å². The highest BCUT2D eigenvalue weighted by Crippen LogP contribution is 2.34. The summed E-state index contributed by atoms with van der Waals surface area (Å²) in [7, 11) is 0. The fourth-order valence-electron chi connectivity index (χ4n) is 5.17. The van der Waals surface area contributed by atoms with Gasteiger partial charge in [-0.3, -0.25) is 24.6 Å². The van der Waals surface area contributed by atoms with E-state index in [0.29, 0.717) is 33.7 Å². The van der Waals surface area contributed by atoms with Crippen molar-refractivity contribution in [1.29, 1.82) is 0 Å². The van der Waals surface area contributed by atoms with Crippen LogP contribution in [0.4, 0.5) is 5.13 Å². The molecule has 34 heavy (non-hydrogen) atoms. The van der Waals surface area contributed by atoms with Gasteiger partial charge in [-0.05, 0) is 31.9 Å². The normalized spacial score (nSPS) is 21.9. The second-order valence-corrected chi connectivity index (χ2v) is 10.4. The largest absolute Gasteiger partial charge is 0.379 e. The molecule has 2 aromatic rings. The molecule has 1 aromatic carbocycles. The number of piperidine rings is 1. The second kappa shape index (κ2) is 9.93. The van der Waals surface area contributed by atoms with Crippen LogP contribution in [0.15, 0.2) is 24.3 Å². The maximum absolute atomic E-state index is 13.2. The van der Waals surface area contributed by atoms with Gasteiger partial charge >= 0.3 is 0 Å². The summed E-state index contributed by atoms with van der Waals surface area (Å²) in [5.41, 5.74) is 2.17. The molecule has 0 bridgehead atoms. The van der Waals surface area contributed by atoms with Crippen LogP contribution in [-0.2, 0) is 16.0 Å². The number of hydrogen-bond acceptors (Lipinski definition) is 7. The average Bonchev–Trinajstić information content (AvgIpc) is 3.27. The van der Waals surface area contributed by atoms with E-state index in [1.54, 1.807) is 6.07 Å². The Hall–Kier alpha value is -2.62. The van der Waals surface area contributed by atoms with Crippen LogP contribution in [0, 0.1) is 12.8 Å². The van der Waals surface area contributed by atoms with Gasteiger partial charge in [0.1, 0.15) is 0 Å². The summed E-state index contributed by atoms with van der Waals surface area (Å²) in [6.45, 7) is 6.88. The number of rotatable bonds is 4. The number of ketones is 1. The minimum absolute atomic E-state index is 0.0535. The van der Waals surface area contributed by atoms with Gasteiger partial charge < -0.3 is 9.64 Å². The van der Waals surface area contributed by atoms with E-state index in [2.05, 4.69) is 15.2 Å². The molecule has 2 saturated heterocycles. The van der Waals surface area contributed by atoms with Crippen molar-refractivity contribution in [3.05, 3.63) is 46.0 Å². The van der Waals surface area contributed by atoms with Gasteiger partial charge in [-0.15, -0.1) is 0 Å². The molecule has 2 aliphatic heterocycles. The van der Waals surface area contributed by atoms with Crippen LogP contribution in [0.25, 0.3) is 0 Å². The number of carbonyl (C=O) groups excluding carboxylic acids is 3. The second-order valence-electron chi connectivity index (χ2n) is 9.35. The standard InChI is InChI=1S/C25H30N4O4S/c1-16-3-2-4-17(13-16)23(31)27-25-26-20-14-18(15-21(30)22(20)34-25)24(32)29-7-5-19(6-8-29)28-9-11-33-12-10-28/h2-4,13,18-19H,5-12,14-15H2,1H3,(H,26,27,31)/t18-/m0/s1. The molecular formula is C25H30N4O4S. The molecule has 3 aliphatic rings. The van der Waals surface area contributed by atoms with Crippen molar-refractivity contribution in [2.24, 2.45) is 5.92 Å². The lowest BCUT2D eigenvalue weighted by molar-refractivity contribution is -0.137. The predicted molar refractivity (Wildman–Crippen MR) is 129 cm³/mol. The lowest BCUT2D eigenvalue weighted by atomic mass is 9.88. The molecule has 1 aliphatic carbocycles. The zero-order chi connectivity index (χ0) is 23.7. The zero-order valence-corrected chi connectivity index (χ0v) is 20.2. The van der Waals surface area contributed by atoms with E-state index in [1.165, 1.54) is 11.3 Å². The number of ether oxygens (including phenoxy) is 1. The first kappa shape index (κ1) is 23.1. The Kier molecular flexibility index (Phi) is 6.76. The molecule has 180 valence electrons. The first-order chi connectivity index (χ1) is 16.5. The Morgan fingerprint density at radius 2 is 1.88 bits per heavy atom. The third-order valence-corrected chi connectivity index (χ3v) is 8.06. The maximum atomic E-state index is 13.2. The molecule has 0 unspecified atom stereocenters. The van der Waals surface area contributed by atoms with E-state index in [9.17, 15) is 14.4 Å². The number of carbonyl (C=O) groups is 3. The highest BCUT2D eigenvalue weighted by molar-refractivity contribution is 7.17. The number of fused-ring (bicyclic) bond motifs is 1. The van der Waals surface area contributed by atoms with E-state index in [1.807, 2.05) is 30.0 Å². The van der Waals surface area contributed by atoms with E-state index < -0.39 is 0 Å². The third kappa shape index (κ3) is 4.92. The summed E-state index contributed by atoms with van der Waals surface area (Å²) >= 11 is 1.20. The minimum atomic E-state index is -0.373. The molecule has 1 N–H and O–H groups in total. The number of aromatic nitrogens is 1. The number of benzene rings is 1. The number of likely N-dealkylation sites (tertiary alicyclic amines) is 1. The van der Waals surface area contributed by atoms with Crippen molar-refractivity contribution in [2.75, 3.05) is 44.7 Å². The van der Waals surface area contributed by atoms with Crippen LogP contribution in [0.3, 0.4) is 0 Å². The molecule has 3 heterocycles. The molecule has 9 heteroatoms. The van der Waals surface area contributed by atoms with Crippen molar-refractivity contribution < 1.29 is 19.1 Å². The van der Waals surface area contributed by atoms with E-state index in [-0.39, 0.29) is 29.9 Å². The molecule has 1 atom stereocenters. The summed E-state index contributed by atoms with van der Waals surface area (Å²) in [6, 6.07) is 7.83. The fourth-order valence-corrected chi connectivity index (χ4v) is 6.10. The summed E-state index contributed by atoms with van der Waals surface area (Å²) < 4.78 is 5.45. The first-order valence-electron chi connectivity index (χ1n) is 12.0. The summed E-state index contributed by atoms with van der Waals surface area (Å²) in [4.78, 5) is 48.1. The van der Waals surface area contributed by atoms with Crippen LogP contribution in [0.1, 0.15) is 50.5 Å². The topological polar surface area (TPSA) is 91.8 Å². The number of amides is 2. The Morgan fingerprint density at radius 3 is 2.62 bits per heavy atom. The fraction of sp³-hybridized carbons (Fsp3) is 0.520. The van der Waals surface area contributed by atoms with Crippen LogP contribution in [-0.4, -0.2) is 77.8 Å². The molecule has 2 fully saturated rings. The number of nitrogens with one attached hydrogen (secondary N) is 1. The van der Waals surface area contributed by atoms with Crippen LogP contribution in [0.2, 0.25) is 0 Å². The molecule has 0 radical (unpaired) electrons. The SMILES string of the molecule is Cc1cccc(C(=O)Nc2nc3c(s2)C(=O)C[C@@H](C(=O)N2CCC(N4CCOCC4)CC2)C3)c1. The van der Waals surface area contributed by atoms with Crippen LogP contribution < -0.4 is 5.32 Å². The van der Waals surface area contributed by atoms with Crippen molar-refractivity contribution in [1.82, 2.24) is 14.8 Å². The lowest BCUT2D eigenvalue weighted by Gasteiger charge is -2.41. The van der Waals surface area contributed by atoms with Crippen LogP contribution >= 0.6 is 11.3 Å². The number of morpholine rings is 1. The third-order valence-electron chi connectivity index (χ3n) is 7.01. The number of anilines is 1. The Labute approximate surface area is 203 Å². The summed E-state index contributed by atoms with van der Waals surface area (Å²) in [5, 5.41) is 3.22. The number of nitrogens with zero attached hydrogens (tertiary/aromatic N) is 3. The molecule has 5 rings (SSSR count). The maximum Gasteiger partial charge on any atom is 0.257 e. The number of thiazole rings is 1. The van der Waals surface area contributed by atoms with Gasteiger partial charge in [0.2, 0.25) is 5.91 Å². The van der Waals surface area contributed by atoms with Gasteiger partial charge in [0, 0.05) is 50.6 Å². The van der Waals surface area contributed by atoms with Crippen LogP contribution in [0.5, 0.6) is 0 Å². The molecule has 8 nitrogen and oxygen atoms in total. The number of Topliss-reactive ketones (excluding diaryl/α,β-unsaturated/α-hetero) is 1. The van der Waals surface area contributed by atoms with Gasteiger partial charge in [0.25, 0.3) is 5.91 Å². The van der Waals surface area contributed by atoms with Gasteiger partial charge in [0.05, 0.1) is 29.7 Å². The Morgan fingerprint density at radius 1 is 1.12 bits per heavy atom. The molecule has 1 aromatic heterocycles. The number of hydrogen-bond donors (Lipinski definition) is 1. The van der Waals surface area contributed by atoms with Crippen molar-refractivity contribution >= 4 is 34.1 Å². The van der Waals surface area contributed by atoms with E-state index in [4.69, 9.17) is 4.74 Å². The molecule has 2 amide bonds. The Bertz CT molecular complexity index is 1090. The van der Waals surface area contributed by atoms with E-state index >= 15 is 0 Å². The van der Waals surface area contributed by atoms with E-state index in [0.717, 1.165) is 57.8 Å².